The van der Waals surface area contributed by atoms with E-state index in [1.54, 1.807) is 18.4 Å². The Hall–Kier alpha value is -0.830. The van der Waals surface area contributed by atoms with Crippen LogP contribution < -0.4 is 5.32 Å². The van der Waals surface area contributed by atoms with Gasteiger partial charge >= 0.3 is 0 Å². The molecular weight excluding hydrogens is 170 g/mol. The van der Waals surface area contributed by atoms with Crippen molar-refractivity contribution in [2.45, 2.75) is 19.8 Å². The third-order valence-corrected chi connectivity index (χ3v) is 2.91. The third kappa shape index (κ3) is 1.85. The summed E-state index contributed by atoms with van der Waals surface area (Å²) in [6.07, 6.45) is 0. The number of amides is 1. The van der Waals surface area contributed by atoms with Gasteiger partial charge in [0.2, 0.25) is 0 Å². The van der Waals surface area contributed by atoms with Crippen molar-refractivity contribution in [3.05, 3.63) is 21.9 Å². The maximum atomic E-state index is 11.1. The maximum absolute atomic E-state index is 11.1. The van der Waals surface area contributed by atoms with Crippen molar-refractivity contribution in [2.75, 3.05) is 7.05 Å². The molecule has 0 aliphatic rings. The first-order chi connectivity index (χ1) is 5.65. The van der Waals surface area contributed by atoms with Crippen LogP contribution in [0.25, 0.3) is 0 Å². The second-order valence-corrected chi connectivity index (χ2v) is 3.91. The first-order valence-electron chi connectivity index (χ1n) is 3.95. The van der Waals surface area contributed by atoms with Crippen LogP contribution in [0.15, 0.2) is 11.4 Å². The first kappa shape index (κ1) is 9.26. The van der Waals surface area contributed by atoms with Crippen LogP contribution in [0, 0.1) is 0 Å². The molecule has 3 heteroatoms. The normalized spacial score (nSPS) is 10.3. The second-order valence-electron chi connectivity index (χ2n) is 2.97. The van der Waals surface area contributed by atoms with Gasteiger partial charge in [0.25, 0.3) is 5.91 Å². The van der Waals surface area contributed by atoms with Crippen molar-refractivity contribution < 1.29 is 4.79 Å². The number of hydrogen-bond acceptors (Lipinski definition) is 2. The maximum Gasteiger partial charge on any atom is 0.251 e. The van der Waals surface area contributed by atoms with Gasteiger partial charge in [0, 0.05) is 17.3 Å². The molecule has 1 rings (SSSR count). The number of hydrogen-bond donors (Lipinski definition) is 1. The molecule has 1 aromatic rings. The van der Waals surface area contributed by atoms with Gasteiger partial charge in [-0.05, 0) is 12.0 Å². The van der Waals surface area contributed by atoms with Crippen molar-refractivity contribution in [1.29, 1.82) is 0 Å². The number of carbonyl (C=O) groups excluding carboxylic acids is 1. The summed E-state index contributed by atoms with van der Waals surface area (Å²) in [6.45, 7) is 4.25. The van der Waals surface area contributed by atoms with E-state index in [2.05, 4.69) is 19.2 Å². The minimum absolute atomic E-state index is 0.00171. The number of nitrogens with one attached hydrogen (secondary N) is 1. The van der Waals surface area contributed by atoms with E-state index in [0.29, 0.717) is 5.92 Å². The summed E-state index contributed by atoms with van der Waals surface area (Å²) in [5.41, 5.74) is 0.770. The molecule has 1 amide bonds. The highest BCUT2D eigenvalue weighted by molar-refractivity contribution is 7.10. The van der Waals surface area contributed by atoms with E-state index < -0.39 is 0 Å². The lowest BCUT2D eigenvalue weighted by atomic mass is 10.1. The van der Waals surface area contributed by atoms with Gasteiger partial charge in [0.1, 0.15) is 0 Å². The van der Waals surface area contributed by atoms with Crippen LogP contribution >= 0.6 is 11.3 Å². The lowest BCUT2D eigenvalue weighted by Crippen LogP contribution is -2.16. The molecule has 12 heavy (non-hydrogen) atoms. The number of carbonyl (C=O) groups is 1. The summed E-state index contributed by atoms with van der Waals surface area (Å²) >= 11 is 1.64. The Kier molecular flexibility index (Phi) is 2.87. The first-order valence-corrected chi connectivity index (χ1v) is 4.83. The predicted octanol–water partition coefficient (Wildman–Crippen LogP) is 2.23. The second kappa shape index (κ2) is 3.72. The quantitative estimate of drug-likeness (QED) is 0.748. The van der Waals surface area contributed by atoms with Crippen LogP contribution in [-0.2, 0) is 0 Å². The summed E-state index contributed by atoms with van der Waals surface area (Å²) in [6, 6.07) is 1.95. The van der Waals surface area contributed by atoms with Gasteiger partial charge in [0.15, 0.2) is 0 Å². The molecule has 66 valence electrons. The summed E-state index contributed by atoms with van der Waals surface area (Å²) in [7, 11) is 1.65. The van der Waals surface area contributed by atoms with Gasteiger partial charge in [-0.15, -0.1) is 11.3 Å². The van der Waals surface area contributed by atoms with Crippen molar-refractivity contribution in [3.63, 3.8) is 0 Å². The van der Waals surface area contributed by atoms with E-state index in [1.165, 1.54) is 4.88 Å². The minimum Gasteiger partial charge on any atom is -0.355 e. The van der Waals surface area contributed by atoms with Crippen LogP contribution in [-0.4, -0.2) is 13.0 Å². The highest BCUT2D eigenvalue weighted by Gasteiger charge is 2.08. The lowest BCUT2D eigenvalue weighted by molar-refractivity contribution is 0.0963. The molecule has 0 atom stereocenters. The smallest absolute Gasteiger partial charge is 0.251 e. The topological polar surface area (TPSA) is 29.1 Å². The molecule has 0 saturated carbocycles. The Morgan fingerprint density at radius 3 is 2.67 bits per heavy atom. The zero-order valence-electron chi connectivity index (χ0n) is 7.55. The lowest BCUT2D eigenvalue weighted by Gasteiger charge is -1.97. The Morgan fingerprint density at radius 2 is 2.25 bits per heavy atom. The molecule has 0 fully saturated rings. The summed E-state index contributed by atoms with van der Waals surface area (Å²) in [5.74, 6) is 0.506. The fraction of sp³-hybridized carbons (Fsp3) is 0.444. The van der Waals surface area contributed by atoms with Gasteiger partial charge in [-0.1, -0.05) is 13.8 Å². The fourth-order valence-corrected chi connectivity index (χ4v) is 1.82. The standard InChI is InChI=1S/C9H13NOS/c1-6(2)8-4-7(5-12-8)9(11)10-3/h4-6H,1-3H3,(H,10,11). The average Bonchev–Trinajstić information content (AvgIpc) is 2.51. The van der Waals surface area contributed by atoms with Crippen molar-refractivity contribution in [2.24, 2.45) is 0 Å². The fourth-order valence-electron chi connectivity index (χ4n) is 0.919. The SMILES string of the molecule is CNC(=O)c1csc(C(C)C)c1. The monoisotopic (exact) mass is 183 g/mol. The largest absolute Gasteiger partial charge is 0.355 e. The molecule has 0 saturated heterocycles. The molecule has 1 N–H and O–H groups in total. The van der Waals surface area contributed by atoms with E-state index in [-0.39, 0.29) is 5.91 Å². The van der Waals surface area contributed by atoms with E-state index in [4.69, 9.17) is 0 Å². The highest BCUT2D eigenvalue weighted by Crippen LogP contribution is 2.22. The molecule has 1 aromatic heterocycles. The molecule has 0 aliphatic carbocycles. The highest BCUT2D eigenvalue weighted by atomic mass is 32.1. The van der Waals surface area contributed by atoms with Crippen LogP contribution in [0.4, 0.5) is 0 Å². The van der Waals surface area contributed by atoms with Gasteiger partial charge in [-0.2, -0.15) is 0 Å². The van der Waals surface area contributed by atoms with E-state index in [1.807, 2.05) is 11.4 Å². The van der Waals surface area contributed by atoms with Crippen LogP contribution in [0.5, 0.6) is 0 Å². The zero-order valence-corrected chi connectivity index (χ0v) is 8.37. The molecule has 0 aliphatic heterocycles. The summed E-state index contributed by atoms with van der Waals surface area (Å²) in [4.78, 5) is 12.4. The molecule has 0 radical (unpaired) electrons. The average molecular weight is 183 g/mol. The Bertz CT molecular complexity index is 278. The predicted molar refractivity (Wildman–Crippen MR) is 51.8 cm³/mol. The van der Waals surface area contributed by atoms with E-state index in [0.717, 1.165) is 5.56 Å². The van der Waals surface area contributed by atoms with Gasteiger partial charge in [-0.25, -0.2) is 0 Å². The van der Waals surface area contributed by atoms with Crippen LogP contribution in [0.2, 0.25) is 0 Å². The van der Waals surface area contributed by atoms with E-state index in [9.17, 15) is 4.79 Å². The minimum atomic E-state index is -0.00171. The van der Waals surface area contributed by atoms with Crippen LogP contribution in [0.1, 0.15) is 35.0 Å². The zero-order chi connectivity index (χ0) is 9.14. The van der Waals surface area contributed by atoms with Crippen molar-refractivity contribution in [1.82, 2.24) is 5.32 Å². The van der Waals surface area contributed by atoms with Gasteiger partial charge < -0.3 is 5.32 Å². The third-order valence-electron chi connectivity index (χ3n) is 1.68. The van der Waals surface area contributed by atoms with E-state index >= 15 is 0 Å². The van der Waals surface area contributed by atoms with Gasteiger partial charge in [-0.3, -0.25) is 4.79 Å². The molecule has 0 spiro atoms. The number of thiophene rings is 1. The Morgan fingerprint density at radius 1 is 1.58 bits per heavy atom. The van der Waals surface area contributed by atoms with Crippen LogP contribution in [0.3, 0.4) is 0 Å². The Balaban J connectivity index is 2.84. The van der Waals surface area contributed by atoms with Crippen molar-refractivity contribution in [3.8, 4) is 0 Å². The van der Waals surface area contributed by atoms with Crippen molar-refractivity contribution >= 4 is 17.2 Å². The summed E-state index contributed by atoms with van der Waals surface area (Å²) < 4.78 is 0. The molecule has 0 unspecified atom stereocenters. The molecule has 1 heterocycles. The molecular formula is C9H13NOS. The number of rotatable bonds is 2. The molecule has 0 bridgehead atoms. The Labute approximate surface area is 76.6 Å². The molecule has 0 aromatic carbocycles. The summed E-state index contributed by atoms with van der Waals surface area (Å²) in [5, 5.41) is 4.50. The van der Waals surface area contributed by atoms with Gasteiger partial charge in [0.05, 0.1) is 5.56 Å². The molecule has 2 nitrogen and oxygen atoms in total.